The van der Waals surface area contributed by atoms with Gasteiger partial charge in [0.25, 0.3) is 0 Å². The van der Waals surface area contributed by atoms with Gasteiger partial charge in [-0.05, 0) is 74.9 Å². The number of piperidine rings is 2. The Bertz CT molecular complexity index is 637. The van der Waals surface area contributed by atoms with Crippen molar-refractivity contribution in [1.29, 1.82) is 0 Å². The number of benzene rings is 1. The molecule has 2 N–H and O–H groups in total. The molecule has 0 aromatic heterocycles. The van der Waals surface area contributed by atoms with E-state index in [1.807, 2.05) is 24.3 Å². The first-order valence-electron chi connectivity index (χ1n) is 10.3. The van der Waals surface area contributed by atoms with Crippen LogP contribution in [-0.4, -0.2) is 56.2 Å². The van der Waals surface area contributed by atoms with Gasteiger partial charge in [-0.2, -0.15) is 0 Å². The minimum Gasteiger partial charge on any atom is -0.492 e. The zero-order valence-corrected chi connectivity index (χ0v) is 16.6. The molecular weight excluding hydrogens is 362 g/mol. The number of likely N-dealkylation sites (tertiary alicyclic amines) is 1. The van der Waals surface area contributed by atoms with Gasteiger partial charge in [-0.15, -0.1) is 0 Å². The van der Waals surface area contributed by atoms with Crippen molar-refractivity contribution in [1.82, 2.24) is 15.5 Å². The molecule has 1 saturated carbocycles. The van der Waals surface area contributed by atoms with Crippen molar-refractivity contribution in [3.63, 3.8) is 0 Å². The minimum atomic E-state index is 0.269. The van der Waals surface area contributed by atoms with Crippen LogP contribution < -0.4 is 15.4 Å². The lowest BCUT2D eigenvalue weighted by Gasteiger charge is -2.32. The summed E-state index contributed by atoms with van der Waals surface area (Å²) in [7, 11) is 0. The SMILES string of the molecule is O=C(NC1CCN(CCOc2ccc(Cl)cc2)CC1)C1CC12CCNCC2. The maximum absolute atomic E-state index is 12.6. The molecular formula is C21H30ClN3O2. The summed E-state index contributed by atoms with van der Waals surface area (Å²) in [6.45, 7) is 5.78. The molecule has 1 aromatic rings. The number of rotatable bonds is 6. The summed E-state index contributed by atoms with van der Waals surface area (Å²) in [5.41, 5.74) is 0.328. The molecule has 148 valence electrons. The summed E-state index contributed by atoms with van der Waals surface area (Å²) < 4.78 is 5.78. The van der Waals surface area contributed by atoms with E-state index in [4.69, 9.17) is 16.3 Å². The molecule has 5 nitrogen and oxygen atoms in total. The first-order chi connectivity index (χ1) is 13.1. The maximum Gasteiger partial charge on any atom is 0.223 e. The largest absolute Gasteiger partial charge is 0.492 e. The Hall–Kier alpha value is -1.30. The monoisotopic (exact) mass is 391 g/mol. The molecule has 1 aliphatic carbocycles. The summed E-state index contributed by atoms with van der Waals surface area (Å²) in [6.07, 6.45) is 5.50. The number of nitrogens with one attached hydrogen (secondary N) is 2. The van der Waals surface area contributed by atoms with Gasteiger partial charge in [0.1, 0.15) is 12.4 Å². The van der Waals surface area contributed by atoms with Gasteiger partial charge in [-0.1, -0.05) is 11.6 Å². The third-order valence-electron chi connectivity index (χ3n) is 6.53. The Morgan fingerprint density at radius 3 is 2.63 bits per heavy atom. The number of nitrogens with zero attached hydrogens (tertiary/aromatic N) is 1. The molecule has 0 bridgehead atoms. The highest BCUT2D eigenvalue weighted by Gasteiger charge is 2.57. The Morgan fingerprint density at radius 1 is 1.22 bits per heavy atom. The van der Waals surface area contributed by atoms with Crippen molar-refractivity contribution in [3.05, 3.63) is 29.3 Å². The molecule has 2 saturated heterocycles. The summed E-state index contributed by atoms with van der Waals surface area (Å²) in [4.78, 5) is 15.0. The second-order valence-electron chi connectivity index (χ2n) is 8.30. The topological polar surface area (TPSA) is 53.6 Å². The van der Waals surface area contributed by atoms with Crippen LogP contribution in [0.2, 0.25) is 5.02 Å². The van der Waals surface area contributed by atoms with E-state index in [-0.39, 0.29) is 5.92 Å². The number of carbonyl (C=O) groups is 1. The van der Waals surface area contributed by atoms with E-state index in [0.29, 0.717) is 24.0 Å². The predicted octanol–water partition coefficient (Wildman–Crippen LogP) is 2.69. The number of ether oxygens (including phenoxy) is 1. The van der Waals surface area contributed by atoms with Crippen LogP contribution >= 0.6 is 11.6 Å². The van der Waals surface area contributed by atoms with Crippen molar-refractivity contribution in [2.24, 2.45) is 11.3 Å². The van der Waals surface area contributed by atoms with E-state index in [1.54, 1.807) is 0 Å². The van der Waals surface area contributed by atoms with Crippen molar-refractivity contribution in [2.75, 3.05) is 39.3 Å². The second kappa shape index (κ2) is 8.38. The fourth-order valence-corrected chi connectivity index (χ4v) is 4.75. The van der Waals surface area contributed by atoms with Crippen LogP contribution in [-0.2, 0) is 4.79 Å². The fraction of sp³-hybridized carbons (Fsp3) is 0.667. The molecule has 3 aliphatic rings. The smallest absolute Gasteiger partial charge is 0.223 e. The zero-order valence-electron chi connectivity index (χ0n) is 15.9. The van der Waals surface area contributed by atoms with E-state index in [9.17, 15) is 4.79 Å². The molecule has 2 aliphatic heterocycles. The third kappa shape index (κ3) is 4.76. The van der Waals surface area contributed by atoms with Crippen LogP contribution in [0.4, 0.5) is 0 Å². The highest BCUT2D eigenvalue weighted by Crippen LogP contribution is 2.58. The van der Waals surface area contributed by atoms with E-state index in [1.165, 1.54) is 0 Å². The van der Waals surface area contributed by atoms with Crippen LogP contribution in [0.15, 0.2) is 24.3 Å². The average molecular weight is 392 g/mol. The fourth-order valence-electron chi connectivity index (χ4n) is 4.62. The quantitative estimate of drug-likeness (QED) is 0.782. The van der Waals surface area contributed by atoms with Gasteiger partial charge in [0.05, 0.1) is 0 Å². The lowest BCUT2D eigenvalue weighted by Crippen LogP contribution is -2.46. The van der Waals surface area contributed by atoms with Crippen molar-refractivity contribution in [3.8, 4) is 5.75 Å². The number of hydrogen-bond donors (Lipinski definition) is 2. The van der Waals surface area contributed by atoms with Crippen molar-refractivity contribution >= 4 is 17.5 Å². The Balaban J connectivity index is 1.13. The number of amides is 1. The van der Waals surface area contributed by atoms with Gasteiger partial charge >= 0.3 is 0 Å². The predicted molar refractivity (Wildman–Crippen MR) is 107 cm³/mol. The summed E-state index contributed by atoms with van der Waals surface area (Å²) in [5, 5.41) is 7.46. The normalized spacial score (nSPS) is 25.3. The van der Waals surface area contributed by atoms with E-state index >= 15 is 0 Å². The average Bonchev–Trinajstić information content (AvgIpc) is 3.38. The Morgan fingerprint density at radius 2 is 1.93 bits per heavy atom. The van der Waals surface area contributed by atoms with Crippen molar-refractivity contribution in [2.45, 2.75) is 38.1 Å². The van der Waals surface area contributed by atoms with Crippen LogP contribution in [0.25, 0.3) is 0 Å². The molecule has 0 radical (unpaired) electrons. The molecule has 27 heavy (non-hydrogen) atoms. The van der Waals surface area contributed by atoms with Gasteiger partial charge in [-0.3, -0.25) is 9.69 Å². The van der Waals surface area contributed by atoms with Gasteiger partial charge in [-0.25, -0.2) is 0 Å². The highest BCUT2D eigenvalue weighted by molar-refractivity contribution is 6.30. The van der Waals surface area contributed by atoms with Gasteiger partial charge in [0.15, 0.2) is 0 Å². The van der Waals surface area contributed by atoms with Crippen LogP contribution in [0, 0.1) is 11.3 Å². The summed E-state index contributed by atoms with van der Waals surface area (Å²) in [5.74, 6) is 1.43. The van der Waals surface area contributed by atoms with Gasteiger partial charge in [0.2, 0.25) is 5.91 Å². The molecule has 1 atom stereocenters. The molecule has 1 spiro atoms. The lowest BCUT2D eigenvalue weighted by atomic mass is 9.91. The van der Waals surface area contributed by atoms with Crippen LogP contribution in [0.3, 0.4) is 0 Å². The van der Waals surface area contributed by atoms with Crippen molar-refractivity contribution < 1.29 is 9.53 Å². The first-order valence-corrected chi connectivity index (χ1v) is 10.6. The lowest BCUT2D eigenvalue weighted by molar-refractivity contribution is -0.124. The zero-order chi connectivity index (χ0) is 18.7. The molecule has 6 heteroatoms. The second-order valence-corrected chi connectivity index (χ2v) is 8.73. The Labute approximate surface area is 166 Å². The Kier molecular flexibility index (Phi) is 5.90. The molecule has 1 aromatic carbocycles. The standard InChI is InChI=1S/C21H30ClN3O2/c22-16-1-3-18(4-2-16)27-14-13-25-11-5-17(6-12-25)24-20(26)19-15-21(19)7-9-23-10-8-21/h1-4,17,19,23H,5-15H2,(H,24,26). The summed E-state index contributed by atoms with van der Waals surface area (Å²) >= 11 is 5.89. The van der Waals surface area contributed by atoms with E-state index in [2.05, 4.69) is 15.5 Å². The number of carbonyl (C=O) groups excluding carboxylic acids is 1. The summed E-state index contributed by atoms with van der Waals surface area (Å²) in [6, 6.07) is 7.83. The van der Waals surface area contributed by atoms with E-state index in [0.717, 1.165) is 75.6 Å². The van der Waals surface area contributed by atoms with Crippen LogP contribution in [0.1, 0.15) is 32.1 Å². The number of halogens is 1. The maximum atomic E-state index is 12.6. The molecule has 2 heterocycles. The van der Waals surface area contributed by atoms with E-state index < -0.39 is 0 Å². The molecule has 1 unspecified atom stereocenters. The molecule has 1 amide bonds. The third-order valence-corrected chi connectivity index (χ3v) is 6.78. The van der Waals surface area contributed by atoms with Gasteiger partial charge < -0.3 is 15.4 Å². The number of hydrogen-bond acceptors (Lipinski definition) is 4. The molecule has 3 fully saturated rings. The first kappa shape index (κ1) is 19.0. The molecule has 4 rings (SSSR count). The van der Waals surface area contributed by atoms with Crippen LogP contribution in [0.5, 0.6) is 5.75 Å². The van der Waals surface area contributed by atoms with Gasteiger partial charge in [0, 0.05) is 36.6 Å². The minimum absolute atomic E-state index is 0.269. The highest BCUT2D eigenvalue weighted by atomic mass is 35.5.